The highest BCUT2D eigenvalue weighted by atomic mass is 16.4. The molecule has 1 aromatic rings. The van der Waals surface area contributed by atoms with Gasteiger partial charge < -0.3 is 15.1 Å². The van der Waals surface area contributed by atoms with Gasteiger partial charge in [0.15, 0.2) is 0 Å². The Labute approximate surface area is 98.3 Å². The summed E-state index contributed by atoms with van der Waals surface area (Å²) >= 11 is 0. The van der Waals surface area contributed by atoms with Gasteiger partial charge in [-0.2, -0.15) is 0 Å². The second-order valence-electron chi connectivity index (χ2n) is 4.27. The zero-order chi connectivity index (χ0) is 12.5. The lowest BCUT2D eigenvalue weighted by Gasteiger charge is -2.45. The Morgan fingerprint density at radius 3 is 2.29 bits per heavy atom. The van der Waals surface area contributed by atoms with Crippen molar-refractivity contribution in [1.82, 2.24) is 4.90 Å². The number of aliphatic hydroxyl groups is 1. The van der Waals surface area contributed by atoms with Crippen LogP contribution in [0.1, 0.15) is 10.4 Å². The number of hydrogen-bond donors (Lipinski definition) is 2. The van der Waals surface area contributed by atoms with E-state index >= 15 is 0 Å². The highest BCUT2D eigenvalue weighted by Gasteiger charge is 2.51. The number of carbonyl (C=O) groups is 2. The van der Waals surface area contributed by atoms with Crippen molar-refractivity contribution in [3.8, 4) is 0 Å². The van der Waals surface area contributed by atoms with Crippen molar-refractivity contribution in [2.75, 3.05) is 19.7 Å². The number of likely N-dealkylation sites (tertiary alicyclic amines) is 1. The second-order valence-corrected chi connectivity index (χ2v) is 4.27. The molecule has 0 saturated carbocycles. The average molecular weight is 235 g/mol. The summed E-state index contributed by atoms with van der Waals surface area (Å²) in [5, 5.41) is 18.0. The van der Waals surface area contributed by atoms with E-state index in [9.17, 15) is 9.59 Å². The molecule has 0 aliphatic carbocycles. The molecule has 2 N–H and O–H groups in total. The molecule has 0 spiro atoms. The van der Waals surface area contributed by atoms with E-state index in [1.807, 2.05) is 6.07 Å². The first-order valence-electron chi connectivity index (χ1n) is 5.28. The lowest BCUT2D eigenvalue weighted by Crippen LogP contribution is -2.63. The second kappa shape index (κ2) is 4.18. The summed E-state index contributed by atoms with van der Waals surface area (Å²) in [6, 6.07) is 8.68. The SMILES string of the molecule is O=C(c1ccccc1)N1CC(CO)(C(=O)O)C1. The molecule has 0 atom stereocenters. The third-order valence-electron chi connectivity index (χ3n) is 3.05. The molecule has 5 heteroatoms. The molecule has 1 aromatic carbocycles. The summed E-state index contributed by atoms with van der Waals surface area (Å²) in [5.74, 6) is -1.26. The molecule has 17 heavy (non-hydrogen) atoms. The zero-order valence-electron chi connectivity index (χ0n) is 9.17. The van der Waals surface area contributed by atoms with Crippen molar-refractivity contribution in [2.45, 2.75) is 0 Å². The molecule has 1 fully saturated rings. The minimum absolute atomic E-state index is 0.0621. The summed E-state index contributed by atoms with van der Waals surface area (Å²) in [6.45, 7) is -0.319. The van der Waals surface area contributed by atoms with Crippen LogP contribution in [0.15, 0.2) is 30.3 Å². The van der Waals surface area contributed by atoms with Crippen molar-refractivity contribution < 1.29 is 19.8 Å². The summed E-state index contributed by atoms with van der Waals surface area (Å²) in [7, 11) is 0. The quantitative estimate of drug-likeness (QED) is 0.784. The molecule has 1 aliphatic rings. The van der Waals surface area contributed by atoms with E-state index in [4.69, 9.17) is 10.2 Å². The molecule has 0 bridgehead atoms. The normalized spacial score (nSPS) is 17.4. The van der Waals surface area contributed by atoms with Crippen molar-refractivity contribution in [3.63, 3.8) is 0 Å². The van der Waals surface area contributed by atoms with Gasteiger partial charge in [0.2, 0.25) is 0 Å². The molecule has 90 valence electrons. The minimum Gasteiger partial charge on any atom is -0.481 e. The number of benzene rings is 1. The lowest BCUT2D eigenvalue weighted by molar-refractivity contribution is -0.162. The van der Waals surface area contributed by atoms with Gasteiger partial charge >= 0.3 is 5.97 Å². The van der Waals surface area contributed by atoms with Gasteiger partial charge in [-0.15, -0.1) is 0 Å². The van der Waals surface area contributed by atoms with Crippen molar-refractivity contribution in [3.05, 3.63) is 35.9 Å². The van der Waals surface area contributed by atoms with Gasteiger partial charge in [-0.1, -0.05) is 18.2 Å². The van der Waals surface area contributed by atoms with Crippen LogP contribution >= 0.6 is 0 Å². The summed E-state index contributed by atoms with van der Waals surface area (Å²) in [6.07, 6.45) is 0. The Morgan fingerprint density at radius 2 is 1.82 bits per heavy atom. The third-order valence-corrected chi connectivity index (χ3v) is 3.05. The van der Waals surface area contributed by atoms with Gasteiger partial charge in [-0.25, -0.2) is 0 Å². The van der Waals surface area contributed by atoms with E-state index in [1.165, 1.54) is 4.90 Å². The fourth-order valence-electron chi connectivity index (χ4n) is 1.89. The topological polar surface area (TPSA) is 77.8 Å². The smallest absolute Gasteiger partial charge is 0.315 e. The van der Waals surface area contributed by atoms with E-state index in [0.29, 0.717) is 5.56 Å². The third kappa shape index (κ3) is 1.89. The van der Waals surface area contributed by atoms with E-state index in [0.717, 1.165) is 0 Å². The number of nitrogens with zero attached hydrogens (tertiary/aromatic N) is 1. The van der Waals surface area contributed by atoms with E-state index in [2.05, 4.69) is 0 Å². The number of hydrogen-bond acceptors (Lipinski definition) is 3. The van der Waals surface area contributed by atoms with Crippen LogP contribution in [0.2, 0.25) is 0 Å². The van der Waals surface area contributed by atoms with E-state index in [-0.39, 0.29) is 19.0 Å². The zero-order valence-corrected chi connectivity index (χ0v) is 9.17. The highest BCUT2D eigenvalue weighted by molar-refractivity contribution is 5.96. The molecule has 5 nitrogen and oxygen atoms in total. The van der Waals surface area contributed by atoms with Gasteiger partial charge in [0.25, 0.3) is 5.91 Å². The van der Waals surface area contributed by atoms with Crippen molar-refractivity contribution >= 4 is 11.9 Å². The van der Waals surface area contributed by atoms with Crippen LogP contribution in [0.3, 0.4) is 0 Å². The standard InChI is InChI=1S/C12H13NO4/c14-8-12(11(16)17)6-13(7-12)10(15)9-4-2-1-3-5-9/h1-5,14H,6-8H2,(H,16,17). The van der Waals surface area contributed by atoms with Crippen LogP contribution in [-0.2, 0) is 4.79 Å². The molecular formula is C12H13NO4. The fraction of sp³-hybridized carbons (Fsp3) is 0.333. The molecule has 1 amide bonds. The van der Waals surface area contributed by atoms with Gasteiger partial charge in [-0.3, -0.25) is 9.59 Å². The molecule has 0 aromatic heterocycles. The fourth-order valence-corrected chi connectivity index (χ4v) is 1.89. The number of amides is 1. The Kier molecular flexibility index (Phi) is 2.85. The van der Waals surface area contributed by atoms with Crippen LogP contribution in [0, 0.1) is 5.41 Å². The van der Waals surface area contributed by atoms with Gasteiger partial charge in [0, 0.05) is 18.7 Å². The van der Waals surface area contributed by atoms with Crippen LogP contribution in [0.4, 0.5) is 0 Å². The summed E-state index contributed by atoms with van der Waals surface area (Å²) < 4.78 is 0. The maximum atomic E-state index is 11.9. The highest BCUT2D eigenvalue weighted by Crippen LogP contribution is 2.31. The van der Waals surface area contributed by atoms with Crippen LogP contribution in [-0.4, -0.2) is 46.7 Å². The average Bonchev–Trinajstić information content (AvgIpc) is 2.29. The van der Waals surface area contributed by atoms with Crippen LogP contribution in [0.5, 0.6) is 0 Å². The Bertz CT molecular complexity index is 437. The minimum atomic E-state index is -1.18. The molecule has 1 aliphatic heterocycles. The Hall–Kier alpha value is -1.88. The monoisotopic (exact) mass is 235 g/mol. The molecule has 1 saturated heterocycles. The first-order chi connectivity index (χ1) is 8.09. The van der Waals surface area contributed by atoms with E-state index < -0.39 is 18.0 Å². The van der Waals surface area contributed by atoms with Gasteiger partial charge in [0.05, 0.1) is 6.61 Å². The van der Waals surface area contributed by atoms with Gasteiger partial charge in [-0.05, 0) is 12.1 Å². The predicted molar refractivity (Wildman–Crippen MR) is 59.5 cm³/mol. The number of carboxylic acids is 1. The summed E-state index contributed by atoms with van der Waals surface area (Å²) in [5.41, 5.74) is -0.644. The Balaban J connectivity index is 2.05. The number of aliphatic carboxylic acids is 1. The van der Waals surface area contributed by atoms with Crippen molar-refractivity contribution in [2.24, 2.45) is 5.41 Å². The molecule has 0 radical (unpaired) electrons. The maximum absolute atomic E-state index is 11.9. The number of carboxylic acid groups (broad SMARTS) is 1. The van der Waals surface area contributed by atoms with Crippen LogP contribution in [0.25, 0.3) is 0 Å². The van der Waals surface area contributed by atoms with Crippen LogP contribution < -0.4 is 0 Å². The summed E-state index contributed by atoms with van der Waals surface area (Å²) in [4.78, 5) is 24.3. The molecular weight excluding hydrogens is 222 g/mol. The van der Waals surface area contributed by atoms with Gasteiger partial charge in [0.1, 0.15) is 5.41 Å². The first-order valence-corrected chi connectivity index (χ1v) is 5.28. The number of carbonyl (C=O) groups excluding carboxylic acids is 1. The lowest BCUT2D eigenvalue weighted by atomic mass is 9.80. The first kappa shape index (κ1) is 11.6. The maximum Gasteiger partial charge on any atom is 0.315 e. The molecule has 0 unspecified atom stereocenters. The largest absolute Gasteiger partial charge is 0.481 e. The predicted octanol–water partition coefficient (Wildman–Crippen LogP) is 0.206. The number of rotatable bonds is 3. The van der Waals surface area contributed by atoms with Crippen molar-refractivity contribution in [1.29, 1.82) is 0 Å². The molecule has 1 heterocycles. The molecule has 2 rings (SSSR count). The van der Waals surface area contributed by atoms with E-state index in [1.54, 1.807) is 24.3 Å². The Morgan fingerprint density at radius 1 is 1.24 bits per heavy atom. The number of aliphatic hydroxyl groups excluding tert-OH is 1.